The molecule has 2 fully saturated rings. The van der Waals surface area contributed by atoms with Crippen LogP contribution in [0.5, 0.6) is 0 Å². The normalized spacial score (nSPS) is 20.5. The summed E-state index contributed by atoms with van der Waals surface area (Å²) in [4.78, 5) is 20.5. The maximum atomic E-state index is 13.2. The molecule has 2 aliphatic heterocycles. The molecule has 0 aliphatic carbocycles. The number of hydrogen-bond donors (Lipinski definition) is 0. The molecule has 0 saturated carbocycles. The third kappa shape index (κ3) is 4.43. The molecule has 4 heterocycles. The predicted molar refractivity (Wildman–Crippen MR) is 111 cm³/mol. The molecule has 180 valence electrons. The Morgan fingerprint density at radius 1 is 1.12 bits per heavy atom. The number of pyridine rings is 1. The van der Waals surface area contributed by atoms with Crippen molar-refractivity contribution in [2.24, 2.45) is 0 Å². The fourth-order valence-corrected chi connectivity index (χ4v) is 6.29. The van der Waals surface area contributed by atoms with E-state index in [2.05, 4.69) is 10.1 Å². The van der Waals surface area contributed by atoms with Crippen LogP contribution in [0.25, 0.3) is 0 Å². The van der Waals surface area contributed by atoms with Gasteiger partial charge in [-0.05, 0) is 38.8 Å². The first-order valence-corrected chi connectivity index (χ1v) is 12.0. The lowest BCUT2D eigenvalue weighted by Gasteiger charge is -2.37. The first-order chi connectivity index (χ1) is 15.5. The third-order valence-electron chi connectivity index (χ3n) is 6.01. The summed E-state index contributed by atoms with van der Waals surface area (Å²) in [7, 11) is -3.94. The van der Waals surface area contributed by atoms with Gasteiger partial charge in [0.1, 0.15) is 22.4 Å². The Morgan fingerprint density at radius 3 is 2.36 bits per heavy atom. The molecule has 33 heavy (non-hydrogen) atoms. The molecular weight excluding hydrogens is 463 g/mol. The molecule has 2 aliphatic rings. The van der Waals surface area contributed by atoms with E-state index in [1.807, 2.05) is 0 Å². The number of sulfonamides is 1. The zero-order chi connectivity index (χ0) is 24.0. The Labute approximate surface area is 189 Å². The number of alkyl halides is 3. The lowest BCUT2D eigenvalue weighted by molar-refractivity contribution is -0.138. The predicted octanol–water partition coefficient (Wildman–Crippen LogP) is 2.21. The van der Waals surface area contributed by atoms with Crippen molar-refractivity contribution in [2.45, 2.75) is 43.8 Å². The van der Waals surface area contributed by atoms with Crippen molar-refractivity contribution < 1.29 is 30.9 Å². The summed E-state index contributed by atoms with van der Waals surface area (Å²) < 4.78 is 70.9. The van der Waals surface area contributed by atoms with Crippen LogP contribution in [0.2, 0.25) is 0 Å². The molecule has 1 atom stereocenters. The van der Waals surface area contributed by atoms with E-state index in [1.54, 1.807) is 16.7 Å². The van der Waals surface area contributed by atoms with E-state index >= 15 is 0 Å². The minimum Gasteiger partial charge on any atom is -0.360 e. The van der Waals surface area contributed by atoms with Crippen LogP contribution in [-0.4, -0.2) is 72.4 Å². The summed E-state index contributed by atoms with van der Waals surface area (Å²) in [5.41, 5.74) is -0.566. The van der Waals surface area contributed by atoms with Crippen molar-refractivity contribution in [3.63, 3.8) is 0 Å². The highest BCUT2D eigenvalue weighted by molar-refractivity contribution is 7.89. The number of anilines is 1. The van der Waals surface area contributed by atoms with Crippen molar-refractivity contribution in [1.82, 2.24) is 19.3 Å². The van der Waals surface area contributed by atoms with Gasteiger partial charge >= 0.3 is 6.18 Å². The molecule has 1 unspecified atom stereocenters. The number of piperazine rings is 1. The van der Waals surface area contributed by atoms with Crippen LogP contribution in [0.3, 0.4) is 0 Å². The van der Waals surface area contributed by atoms with Crippen LogP contribution in [0.4, 0.5) is 19.0 Å². The molecule has 0 N–H and O–H groups in total. The van der Waals surface area contributed by atoms with Crippen LogP contribution in [0.1, 0.15) is 29.9 Å². The Bertz CT molecular complexity index is 1110. The average molecular weight is 488 g/mol. The van der Waals surface area contributed by atoms with Gasteiger partial charge in [0.25, 0.3) is 0 Å². The molecule has 0 bridgehead atoms. The van der Waals surface area contributed by atoms with Crippen LogP contribution in [-0.2, 0) is 21.0 Å². The number of carbonyl (C=O) groups excluding carboxylic acids is 1. The minimum atomic E-state index is -4.45. The number of aryl methyl sites for hydroxylation is 2. The van der Waals surface area contributed by atoms with Gasteiger partial charge in [0.2, 0.25) is 15.9 Å². The van der Waals surface area contributed by atoms with Gasteiger partial charge < -0.3 is 14.3 Å². The van der Waals surface area contributed by atoms with Crippen molar-refractivity contribution in [2.75, 3.05) is 37.6 Å². The Morgan fingerprint density at radius 2 is 1.82 bits per heavy atom. The summed E-state index contributed by atoms with van der Waals surface area (Å²) in [5.74, 6) is 0.310. The monoisotopic (exact) mass is 487 g/mol. The van der Waals surface area contributed by atoms with Gasteiger partial charge in [-0.1, -0.05) is 5.16 Å². The molecule has 0 spiro atoms. The number of aromatic nitrogens is 2. The Balaban J connectivity index is 1.43. The maximum Gasteiger partial charge on any atom is 0.417 e. The van der Waals surface area contributed by atoms with Gasteiger partial charge in [-0.3, -0.25) is 4.79 Å². The third-order valence-corrected chi connectivity index (χ3v) is 8.17. The van der Waals surface area contributed by atoms with E-state index in [9.17, 15) is 26.4 Å². The molecule has 0 radical (unpaired) electrons. The van der Waals surface area contributed by atoms with E-state index in [1.165, 1.54) is 17.3 Å². The SMILES string of the molecule is Cc1noc(C)c1S(=O)(=O)N1CCCC1C(=O)N1CCN(c2ccc(C(F)(F)F)cn2)CC1. The summed E-state index contributed by atoms with van der Waals surface area (Å²) in [6.45, 7) is 4.70. The molecule has 4 rings (SSSR count). The fraction of sp³-hybridized carbons (Fsp3) is 0.550. The summed E-state index contributed by atoms with van der Waals surface area (Å²) >= 11 is 0. The number of carbonyl (C=O) groups is 1. The maximum absolute atomic E-state index is 13.2. The second kappa shape index (κ2) is 8.60. The van der Waals surface area contributed by atoms with Gasteiger partial charge in [0.05, 0.1) is 5.56 Å². The Kier molecular flexibility index (Phi) is 6.12. The molecule has 9 nitrogen and oxygen atoms in total. The molecule has 2 saturated heterocycles. The highest BCUT2D eigenvalue weighted by Gasteiger charge is 2.43. The van der Waals surface area contributed by atoms with Crippen LogP contribution >= 0.6 is 0 Å². The van der Waals surface area contributed by atoms with Gasteiger partial charge in [0.15, 0.2) is 5.76 Å². The van der Waals surface area contributed by atoms with E-state index in [0.29, 0.717) is 44.8 Å². The first kappa shape index (κ1) is 23.5. The van der Waals surface area contributed by atoms with Crippen molar-refractivity contribution in [3.8, 4) is 0 Å². The van der Waals surface area contributed by atoms with E-state index in [0.717, 1.165) is 12.3 Å². The minimum absolute atomic E-state index is 0.000368. The molecule has 1 amide bonds. The average Bonchev–Trinajstić information content (AvgIpc) is 3.40. The number of halogens is 3. The van der Waals surface area contributed by atoms with E-state index in [4.69, 9.17) is 4.52 Å². The van der Waals surface area contributed by atoms with Crippen molar-refractivity contribution in [3.05, 3.63) is 35.3 Å². The van der Waals surface area contributed by atoms with Gasteiger partial charge in [-0.15, -0.1) is 0 Å². The molecule has 13 heteroatoms. The standard InChI is InChI=1S/C20H24F3N5O4S/c1-13-18(14(2)32-25-13)33(30,31)28-7-3-4-16(28)19(29)27-10-8-26(9-11-27)17-6-5-15(12-24-17)20(21,22)23/h5-6,12,16H,3-4,7-11H2,1-2H3. The quantitative estimate of drug-likeness (QED) is 0.652. The smallest absolute Gasteiger partial charge is 0.360 e. The van der Waals surface area contributed by atoms with Crippen LogP contribution in [0.15, 0.2) is 27.7 Å². The zero-order valence-electron chi connectivity index (χ0n) is 18.2. The Hall–Kier alpha value is -2.67. The van der Waals surface area contributed by atoms with Crippen LogP contribution < -0.4 is 4.90 Å². The van der Waals surface area contributed by atoms with Gasteiger partial charge in [-0.2, -0.15) is 17.5 Å². The largest absolute Gasteiger partial charge is 0.417 e. The molecular formula is C20H24F3N5O4S. The summed E-state index contributed by atoms with van der Waals surface area (Å²) in [6.07, 6.45) is -2.67. The first-order valence-electron chi connectivity index (χ1n) is 10.5. The number of hydrogen-bond acceptors (Lipinski definition) is 7. The molecule has 2 aromatic rings. The summed E-state index contributed by atoms with van der Waals surface area (Å²) in [5, 5.41) is 3.72. The summed E-state index contributed by atoms with van der Waals surface area (Å²) in [6, 6.07) is 1.49. The lowest BCUT2D eigenvalue weighted by Crippen LogP contribution is -2.54. The van der Waals surface area contributed by atoms with Crippen LogP contribution in [0, 0.1) is 13.8 Å². The highest BCUT2D eigenvalue weighted by Crippen LogP contribution is 2.32. The second-order valence-electron chi connectivity index (χ2n) is 8.14. The van der Waals surface area contributed by atoms with Crippen molar-refractivity contribution >= 4 is 21.7 Å². The van der Waals surface area contributed by atoms with E-state index < -0.39 is 27.8 Å². The van der Waals surface area contributed by atoms with Gasteiger partial charge in [-0.25, -0.2) is 13.4 Å². The van der Waals surface area contributed by atoms with E-state index in [-0.39, 0.29) is 28.8 Å². The highest BCUT2D eigenvalue weighted by atomic mass is 32.2. The fourth-order valence-electron chi connectivity index (χ4n) is 4.34. The number of amides is 1. The zero-order valence-corrected chi connectivity index (χ0v) is 19.0. The molecule has 2 aromatic heterocycles. The number of nitrogens with zero attached hydrogens (tertiary/aromatic N) is 5. The second-order valence-corrected chi connectivity index (χ2v) is 9.97. The topological polar surface area (TPSA) is 99.8 Å². The molecule has 0 aromatic carbocycles. The number of rotatable bonds is 4. The van der Waals surface area contributed by atoms with Gasteiger partial charge in [0, 0.05) is 38.9 Å². The lowest BCUT2D eigenvalue weighted by atomic mass is 10.2. The van der Waals surface area contributed by atoms with Crippen molar-refractivity contribution in [1.29, 1.82) is 0 Å².